The number of nitrogens with two attached hydrogens (primary N) is 1. The molecule has 72 valence electrons. The Hall–Kier alpha value is -1.35. The topological polar surface area (TPSA) is 38.9 Å². The molecule has 2 aromatic rings. The van der Waals surface area contributed by atoms with Gasteiger partial charge < -0.3 is 5.73 Å². The van der Waals surface area contributed by atoms with Crippen molar-refractivity contribution in [3.63, 3.8) is 0 Å². The Bertz CT molecular complexity index is 464. The molecule has 2 rings (SSSR count). The molecule has 0 saturated carbocycles. The van der Waals surface area contributed by atoms with Crippen LogP contribution in [0.15, 0.2) is 18.2 Å². The average Bonchev–Trinajstić information content (AvgIpc) is 2.15. The Kier molecular flexibility index (Phi) is 2.04. The molecule has 0 saturated heterocycles. The molecule has 0 bridgehead atoms. The summed E-state index contributed by atoms with van der Waals surface area (Å²) in [6, 6.07) is 4.70. The molecule has 0 atom stereocenters. The summed E-state index contributed by atoms with van der Waals surface area (Å²) in [5.74, 6) is -0.382. The second-order valence-electron chi connectivity index (χ2n) is 3.13. The van der Waals surface area contributed by atoms with Crippen LogP contribution in [0, 0.1) is 12.7 Å². The van der Waals surface area contributed by atoms with E-state index >= 15 is 0 Å². The first-order valence-corrected chi connectivity index (χ1v) is 4.48. The van der Waals surface area contributed by atoms with E-state index in [1.807, 2.05) is 6.92 Å². The minimum atomic E-state index is -0.382. The molecule has 1 heterocycles. The zero-order valence-electron chi connectivity index (χ0n) is 7.51. The number of aryl methyl sites for hydroxylation is 1. The van der Waals surface area contributed by atoms with Crippen LogP contribution in [0.1, 0.15) is 5.56 Å². The number of aromatic nitrogens is 1. The van der Waals surface area contributed by atoms with Gasteiger partial charge in [0.15, 0.2) is 5.15 Å². The summed E-state index contributed by atoms with van der Waals surface area (Å²) in [6.07, 6.45) is 0. The lowest BCUT2D eigenvalue weighted by Gasteiger charge is -2.04. The number of anilines is 1. The van der Waals surface area contributed by atoms with Crippen molar-refractivity contribution in [3.05, 3.63) is 34.7 Å². The van der Waals surface area contributed by atoms with E-state index in [-0.39, 0.29) is 16.5 Å². The molecule has 14 heavy (non-hydrogen) atoms. The van der Waals surface area contributed by atoms with Crippen LogP contribution in [0.5, 0.6) is 0 Å². The van der Waals surface area contributed by atoms with Gasteiger partial charge in [-0.25, -0.2) is 9.37 Å². The number of fused-ring (bicyclic) bond motifs is 1. The first kappa shape index (κ1) is 9.21. The molecule has 0 radical (unpaired) electrons. The molecule has 0 aliphatic heterocycles. The molecule has 0 amide bonds. The van der Waals surface area contributed by atoms with E-state index in [1.165, 1.54) is 6.07 Å². The number of benzene rings is 1. The normalized spacial score (nSPS) is 10.8. The number of pyridine rings is 1. The van der Waals surface area contributed by atoms with Crippen molar-refractivity contribution in [2.45, 2.75) is 6.92 Å². The van der Waals surface area contributed by atoms with Gasteiger partial charge in [0.25, 0.3) is 0 Å². The monoisotopic (exact) mass is 210 g/mol. The third kappa shape index (κ3) is 1.30. The fraction of sp³-hybridized carbons (Fsp3) is 0.100. The van der Waals surface area contributed by atoms with Gasteiger partial charge in [0, 0.05) is 5.39 Å². The molecule has 1 aromatic heterocycles. The number of nitrogen functional groups attached to an aromatic ring is 1. The van der Waals surface area contributed by atoms with Gasteiger partial charge in [-0.15, -0.1) is 0 Å². The van der Waals surface area contributed by atoms with E-state index in [4.69, 9.17) is 17.3 Å². The standard InChI is InChI=1S/C10H8ClFN2/c1-5-2-3-7(12)9-6(5)4-8(13)10(11)14-9/h2-4H,13H2,1H3. The van der Waals surface area contributed by atoms with Crippen LogP contribution in [0.25, 0.3) is 10.9 Å². The van der Waals surface area contributed by atoms with Crippen LogP contribution in [-0.2, 0) is 0 Å². The number of nitrogens with zero attached hydrogens (tertiary/aromatic N) is 1. The maximum Gasteiger partial charge on any atom is 0.152 e. The van der Waals surface area contributed by atoms with Crippen LogP contribution in [0.4, 0.5) is 10.1 Å². The second kappa shape index (κ2) is 3.10. The minimum absolute atomic E-state index is 0.141. The largest absolute Gasteiger partial charge is 0.396 e. The van der Waals surface area contributed by atoms with E-state index < -0.39 is 0 Å². The van der Waals surface area contributed by atoms with Gasteiger partial charge in [-0.05, 0) is 24.6 Å². The van der Waals surface area contributed by atoms with Crippen molar-refractivity contribution in [2.24, 2.45) is 0 Å². The first-order chi connectivity index (χ1) is 6.59. The highest BCUT2D eigenvalue weighted by Gasteiger charge is 2.07. The molecular formula is C10H8ClFN2. The Morgan fingerprint density at radius 2 is 2.14 bits per heavy atom. The van der Waals surface area contributed by atoms with Crippen molar-refractivity contribution >= 4 is 28.2 Å². The SMILES string of the molecule is Cc1ccc(F)c2nc(Cl)c(N)cc12. The van der Waals surface area contributed by atoms with Crippen molar-refractivity contribution in [1.29, 1.82) is 0 Å². The highest BCUT2D eigenvalue weighted by molar-refractivity contribution is 6.32. The highest BCUT2D eigenvalue weighted by atomic mass is 35.5. The van der Waals surface area contributed by atoms with Gasteiger partial charge in [0.2, 0.25) is 0 Å². The Labute approximate surface area is 85.5 Å². The molecule has 2 nitrogen and oxygen atoms in total. The molecule has 0 fully saturated rings. The maximum absolute atomic E-state index is 13.3. The summed E-state index contributed by atoms with van der Waals surface area (Å²) >= 11 is 5.71. The Balaban J connectivity index is 2.94. The zero-order valence-corrected chi connectivity index (χ0v) is 8.27. The number of halogens is 2. The van der Waals surface area contributed by atoms with Crippen LogP contribution in [0.2, 0.25) is 5.15 Å². The highest BCUT2D eigenvalue weighted by Crippen LogP contribution is 2.26. The van der Waals surface area contributed by atoms with Gasteiger partial charge in [0.05, 0.1) is 5.69 Å². The van der Waals surface area contributed by atoms with Crippen LogP contribution < -0.4 is 5.73 Å². The number of rotatable bonds is 0. The predicted molar refractivity (Wildman–Crippen MR) is 55.9 cm³/mol. The van der Waals surface area contributed by atoms with Gasteiger partial charge in [-0.3, -0.25) is 0 Å². The fourth-order valence-electron chi connectivity index (χ4n) is 1.36. The molecule has 0 spiro atoms. The molecule has 0 aliphatic rings. The van der Waals surface area contributed by atoms with E-state index in [2.05, 4.69) is 4.98 Å². The van der Waals surface area contributed by atoms with Crippen LogP contribution in [-0.4, -0.2) is 4.98 Å². The lowest BCUT2D eigenvalue weighted by molar-refractivity contribution is 0.636. The van der Waals surface area contributed by atoms with Crippen molar-refractivity contribution < 1.29 is 4.39 Å². The van der Waals surface area contributed by atoms with Crippen LogP contribution >= 0.6 is 11.6 Å². The Morgan fingerprint density at radius 3 is 2.86 bits per heavy atom. The zero-order chi connectivity index (χ0) is 10.3. The van der Waals surface area contributed by atoms with E-state index in [0.717, 1.165) is 5.56 Å². The van der Waals surface area contributed by atoms with Crippen LogP contribution in [0.3, 0.4) is 0 Å². The number of hydrogen-bond acceptors (Lipinski definition) is 2. The van der Waals surface area contributed by atoms with Gasteiger partial charge in [-0.1, -0.05) is 17.7 Å². The lowest BCUT2D eigenvalue weighted by Crippen LogP contribution is -1.93. The van der Waals surface area contributed by atoms with Crippen molar-refractivity contribution in [1.82, 2.24) is 4.98 Å². The van der Waals surface area contributed by atoms with Gasteiger partial charge in [-0.2, -0.15) is 0 Å². The summed E-state index contributed by atoms with van der Waals surface area (Å²) in [4.78, 5) is 3.90. The molecule has 0 unspecified atom stereocenters. The molecular weight excluding hydrogens is 203 g/mol. The van der Waals surface area contributed by atoms with E-state index in [0.29, 0.717) is 11.1 Å². The quantitative estimate of drug-likeness (QED) is 0.679. The first-order valence-electron chi connectivity index (χ1n) is 4.10. The third-order valence-electron chi connectivity index (χ3n) is 2.13. The molecule has 4 heteroatoms. The minimum Gasteiger partial charge on any atom is -0.396 e. The molecule has 0 aliphatic carbocycles. The van der Waals surface area contributed by atoms with Gasteiger partial charge >= 0.3 is 0 Å². The van der Waals surface area contributed by atoms with Crippen molar-refractivity contribution in [2.75, 3.05) is 5.73 Å². The summed E-state index contributed by atoms with van der Waals surface area (Å²) < 4.78 is 13.3. The lowest BCUT2D eigenvalue weighted by atomic mass is 10.1. The molecule has 1 aromatic carbocycles. The predicted octanol–water partition coefficient (Wildman–Crippen LogP) is 2.92. The Morgan fingerprint density at radius 1 is 1.43 bits per heavy atom. The van der Waals surface area contributed by atoms with Crippen molar-refractivity contribution in [3.8, 4) is 0 Å². The third-order valence-corrected chi connectivity index (χ3v) is 2.44. The second-order valence-corrected chi connectivity index (χ2v) is 3.49. The molecule has 2 N–H and O–H groups in total. The smallest absolute Gasteiger partial charge is 0.152 e. The number of hydrogen-bond donors (Lipinski definition) is 1. The van der Waals surface area contributed by atoms with E-state index in [1.54, 1.807) is 12.1 Å². The van der Waals surface area contributed by atoms with Gasteiger partial charge in [0.1, 0.15) is 11.3 Å². The summed E-state index contributed by atoms with van der Waals surface area (Å²) in [5, 5.41) is 0.842. The fourth-order valence-corrected chi connectivity index (χ4v) is 1.49. The summed E-state index contributed by atoms with van der Waals surface area (Å²) in [5.41, 5.74) is 7.15. The summed E-state index contributed by atoms with van der Waals surface area (Å²) in [6.45, 7) is 1.87. The summed E-state index contributed by atoms with van der Waals surface area (Å²) in [7, 11) is 0. The average molecular weight is 211 g/mol. The maximum atomic E-state index is 13.3. The van der Waals surface area contributed by atoms with E-state index in [9.17, 15) is 4.39 Å².